The normalized spacial score (nSPS) is 10.4. The van der Waals surface area contributed by atoms with Crippen molar-refractivity contribution in [1.29, 1.82) is 0 Å². The van der Waals surface area contributed by atoms with E-state index in [1.807, 2.05) is 5.38 Å². The van der Waals surface area contributed by atoms with Crippen molar-refractivity contribution in [2.45, 2.75) is 10.9 Å². The van der Waals surface area contributed by atoms with Crippen molar-refractivity contribution >= 4 is 28.9 Å². The maximum atomic E-state index is 11.1. The predicted octanol–water partition coefficient (Wildman–Crippen LogP) is 1.10. The number of aromatic nitrogens is 3. The highest BCUT2D eigenvalue weighted by molar-refractivity contribution is 7.98. The van der Waals surface area contributed by atoms with E-state index in [0.717, 1.165) is 5.01 Å². The first-order chi connectivity index (χ1) is 7.24. The summed E-state index contributed by atoms with van der Waals surface area (Å²) in [6.45, 7) is 0. The molecule has 0 aromatic carbocycles. The van der Waals surface area contributed by atoms with Crippen LogP contribution in [0.1, 0.15) is 5.01 Å². The molecule has 0 bridgehead atoms. The number of nitrogens with one attached hydrogen (secondary N) is 1. The lowest BCUT2D eigenvalue weighted by Crippen LogP contribution is -2.09. The van der Waals surface area contributed by atoms with E-state index in [0.29, 0.717) is 10.9 Å². The SMILES string of the molecule is Nc1cc(=O)[nH]c(SCc2nccs2)n1. The Morgan fingerprint density at radius 2 is 2.47 bits per heavy atom. The predicted molar refractivity (Wildman–Crippen MR) is 60.9 cm³/mol. The molecular formula is C8H8N4OS2. The van der Waals surface area contributed by atoms with Gasteiger partial charge in [-0.25, -0.2) is 9.97 Å². The van der Waals surface area contributed by atoms with E-state index in [9.17, 15) is 4.79 Å². The second kappa shape index (κ2) is 4.45. The summed E-state index contributed by atoms with van der Waals surface area (Å²) in [5, 5.41) is 3.42. The minimum absolute atomic E-state index is 0.232. The molecule has 0 fully saturated rings. The van der Waals surface area contributed by atoms with Crippen molar-refractivity contribution in [3.63, 3.8) is 0 Å². The van der Waals surface area contributed by atoms with Gasteiger partial charge in [0.25, 0.3) is 5.56 Å². The van der Waals surface area contributed by atoms with E-state index in [1.165, 1.54) is 17.8 Å². The molecule has 0 saturated carbocycles. The maximum Gasteiger partial charge on any atom is 0.253 e. The fourth-order valence-corrected chi connectivity index (χ4v) is 2.50. The fourth-order valence-electron chi connectivity index (χ4n) is 0.976. The number of nitrogens with zero attached hydrogens (tertiary/aromatic N) is 2. The van der Waals surface area contributed by atoms with Crippen molar-refractivity contribution < 1.29 is 0 Å². The van der Waals surface area contributed by atoms with Gasteiger partial charge < -0.3 is 10.7 Å². The zero-order chi connectivity index (χ0) is 10.7. The number of hydrogen-bond acceptors (Lipinski definition) is 6. The van der Waals surface area contributed by atoms with Gasteiger partial charge in [0.05, 0.1) is 5.75 Å². The Bertz CT molecular complexity index is 494. The highest BCUT2D eigenvalue weighted by atomic mass is 32.2. The standard InChI is InChI=1S/C8H8N4OS2/c9-5-3-6(13)12-8(11-5)15-4-7-10-1-2-14-7/h1-3H,4H2,(H3,9,11,12,13). The van der Waals surface area contributed by atoms with Crippen molar-refractivity contribution in [3.8, 4) is 0 Å². The summed E-state index contributed by atoms with van der Waals surface area (Å²) in [7, 11) is 0. The van der Waals surface area contributed by atoms with Crippen molar-refractivity contribution in [1.82, 2.24) is 15.0 Å². The van der Waals surface area contributed by atoms with Crippen molar-refractivity contribution in [2.75, 3.05) is 5.73 Å². The summed E-state index contributed by atoms with van der Waals surface area (Å²) in [4.78, 5) is 21.8. The van der Waals surface area contributed by atoms with Crippen LogP contribution in [0.5, 0.6) is 0 Å². The van der Waals surface area contributed by atoms with Crippen LogP contribution in [-0.4, -0.2) is 15.0 Å². The second-order valence-corrected chi connectivity index (χ2v) is 4.63. The third-order valence-corrected chi connectivity index (χ3v) is 3.40. The first-order valence-corrected chi connectivity index (χ1v) is 5.98. The second-order valence-electron chi connectivity index (χ2n) is 2.69. The molecule has 2 aromatic heterocycles. The number of H-pyrrole nitrogens is 1. The van der Waals surface area contributed by atoms with Gasteiger partial charge in [0.15, 0.2) is 5.16 Å². The third kappa shape index (κ3) is 2.80. The molecule has 78 valence electrons. The van der Waals surface area contributed by atoms with E-state index >= 15 is 0 Å². The van der Waals surface area contributed by atoms with Crippen molar-refractivity contribution in [2.24, 2.45) is 0 Å². The van der Waals surface area contributed by atoms with Gasteiger partial charge in [-0.2, -0.15) is 0 Å². The molecule has 0 radical (unpaired) electrons. The van der Waals surface area contributed by atoms with Crippen LogP contribution in [0, 0.1) is 0 Å². The van der Waals surface area contributed by atoms with Gasteiger partial charge in [0.2, 0.25) is 0 Å². The summed E-state index contributed by atoms with van der Waals surface area (Å²) in [5.41, 5.74) is 5.22. The maximum absolute atomic E-state index is 11.1. The van der Waals surface area contributed by atoms with Gasteiger partial charge in [-0.1, -0.05) is 11.8 Å². The molecule has 0 spiro atoms. The molecule has 0 atom stereocenters. The quantitative estimate of drug-likeness (QED) is 0.620. The van der Waals surface area contributed by atoms with E-state index in [-0.39, 0.29) is 11.4 Å². The number of hydrogen-bond donors (Lipinski definition) is 2. The van der Waals surface area contributed by atoms with E-state index in [4.69, 9.17) is 5.73 Å². The number of anilines is 1. The lowest BCUT2D eigenvalue weighted by molar-refractivity contribution is 0.944. The van der Waals surface area contributed by atoms with Gasteiger partial charge in [-0.15, -0.1) is 11.3 Å². The Labute approximate surface area is 93.8 Å². The Balaban J connectivity index is 2.08. The lowest BCUT2D eigenvalue weighted by atomic mass is 10.6. The number of thiazole rings is 1. The Hall–Kier alpha value is -1.34. The summed E-state index contributed by atoms with van der Waals surface area (Å²) >= 11 is 2.98. The number of thioether (sulfide) groups is 1. The molecule has 2 aromatic rings. The molecule has 7 heteroatoms. The molecular weight excluding hydrogens is 232 g/mol. The van der Waals surface area contributed by atoms with Crippen LogP contribution in [0.2, 0.25) is 0 Å². The van der Waals surface area contributed by atoms with Gasteiger partial charge in [-0.05, 0) is 0 Å². The van der Waals surface area contributed by atoms with Crippen LogP contribution >= 0.6 is 23.1 Å². The molecule has 0 aliphatic carbocycles. The van der Waals surface area contributed by atoms with Gasteiger partial charge in [0, 0.05) is 17.6 Å². The Morgan fingerprint density at radius 1 is 1.60 bits per heavy atom. The number of aromatic amines is 1. The van der Waals surface area contributed by atoms with Crippen molar-refractivity contribution in [3.05, 3.63) is 33.0 Å². The summed E-state index contributed by atoms with van der Waals surface area (Å²) < 4.78 is 0. The molecule has 3 N–H and O–H groups in total. The van der Waals surface area contributed by atoms with Crippen LogP contribution in [0.4, 0.5) is 5.82 Å². The molecule has 15 heavy (non-hydrogen) atoms. The molecule has 0 aliphatic rings. The minimum atomic E-state index is -0.232. The highest BCUT2D eigenvalue weighted by Gasteiger charge is 2.01. The fraction of sp³-hybridized carbons (Fsp3) is 0.125. The van der Waals surface area contributed by atoms with Gasteiger partial charge in [-0.3, -0.25) is 4.79 Å². The van der Waals surface area contributed by atoms with E-state index in [1.54, 1.807) is 17.5 Å². The lowest BCUT2D eigenvalue weighted by Gasteiger charge is -1.98. The largest absolute Gasteiger partial charge is 0.383 e. The monoisotopic (exact) mass is 240 g/mol. The number of nitrogen functional groups attached to an aromatic ring is 1. The summed E-state index contributed by atoms with van der Waals surface area (Å²) in [5.74, 6) is 0.921. The van der Waals surface area contributed by atoms with Crippen LogP contribution in [0.25, 0.3) is 0 Å². The number of nitrogens with two attached hydrogens (primary N) is 1. The van der Waals surface area contributed by atoms with Gasteiger partial charge in [0.1, 0.15) is 10.8 Å². The number of rotatable bonds is 3. The average Bonchev–Trinajstić information content (AvgIpc) is 2.65. The smallest absolute Gasteiger partial charge is 0.253 e. The Kier molecular flexibility index (Phi) is 3.02. The Morgan fingerprint density at radius 3 is 3.13 bits per heavy atom. The summed E-state index contributed by atoms with van der Waals surface area (Å²) in [6.07, 6.45) is 1.75. The third-order valence-electron chi connectivity index (χ3n) is 1.56. The van der Waals surface area contributed by atoms with Gasteiger partial charge >= 0.3 is 0 Å². The topological polar surface area (TPSA) is 84.7 Å². The molecule has 5 nitrogen and oxygen atoms in total. The summed E-state index contributed by atoms with van der Waals surface area (Å²) in [6, 6.07) is 1.26. The van der Waals surface area contributed by atoms with Crippen LogP contribution in [-0.2, 0) is 5.75 Å². The zero-order valence-corrected chi connectivity index (χ0v) is 9.27. The molecule has 0 unspecified atom stereocenters. The highest BCUT2D eigenvalue weighted by Crippen LogP contribution is 2.19. The van der Waals surface area contributed by atoms with Crippen LogP contribution < -0.4 is 11.3 Å². The molecule has 0 saturated heterocycles. The average molecular weight is 240 g/mol. The minimum Gasteiger partial charge on any atom is -0.383 e. The van der Waals surface area contributed by atoms with Crippen LogP contribution in [0.3, 0.4) is 0 Å². The first-order valence-electron chi connectivity index (χ1n) is 4.12. The van der Waals surface area contributed by atoms with E-state index < -0.39 is 0 Å². The zero-order valence-electron chi connectivity index (χ0n) is 7.64. The molecule has 0 amide bonds. The van der Waals surface area contributed by atoms with E-state index in [2.05, 4.69) is 15.0 Å². The first kappa shape index (κ1) is 10.2. The molecule has 0 aliphatic heterocycles. The molecule has 2 heterocycles. The molecule has 2 rings (SSSR count). The van der Waals surface area contributed by atoms with Crippen LogP contribution in [0.15, 0.2) is 27.6 Å².